The second-order valence-electron chi connectivity index (χ2n) is 7.58. The van der Waals surface area contributed by atoms with Gasteiger partial charge in [0.15, 0.2) is 0 Å². The molecule has 1 amide bonds. The van der Waals surface area contributed by atoms with Gasteiger partial charge >= 0.3 is 0 Å². The van der Waals surface area contributed by atoms with Crippen molar-refractivity contribution in [3.8, 4) is 0 Å². The summed E-state index contributed by atoms with van der Waals surface area (Å²) >= 11 is 0. The van der Waals surface area contributed by atoms with Gasteiger partial charge in [0, 0.05) is 24.7 Å². The third-order valence-corrected chi connectivity index (χ3v) is 7.47. The van der Waals surface area contributed by atoms with E-state index in [1.54, 1.807) is 24.3 Å². The first-order chi connectivity index (χ1) is 13.3. The molecular formula is C22H28N2O3S. The number of piperidine rings is 1. The Morgan fingerprint density at radius 2 is 1.79 bits per heavy atom. The van der Waals surface area contributed by atoms with Gasteiger partial charge in [0.2, 0.25) is 15.9 Å². The molecule has 2 aromatic rings. The normalized spacial score (nSPS) is 18.0. The van der Waals surface area contributed by atoms with E-state index in [0.717, 1.165) is 35.2 Å². The number of anilines is 1. The first kappa shape index (κ1) is 20.6. The van der Waals surface area contributed by atoms with Crippen LogP contribution in [-0.4, -0.2) is 31.2 Å². The van der Waals surface area contributed by atoms with Gasteiger partial charge in [-0.1, -0.05) is 36.2 Å². The fourth-order valence-electron chi connectivity index (χ4n) is 3.64. The van der Waals surface area contributed by atoms with Crippen molar-refractivity contribution in [3.05, 3.63) is 59.2 Å². The smallest absolute Gasteiger partial charge is 0.243 e. The molecule has 0 aromatic heterocycles. The lowest BCUT2D eigenvalue weighted by Crippen LogP contribution is -2.45. The van der Waals surface area contributed by atoms with Crippen molar-refractivity contribution in [1.29, 1.82) is 0 Å². The zero-order valence-electron chi connectivity index (χ0n) is 16.7. The van der Waals surface area contributed by atoms with Crippen molar-refractivity contribution in [3.63, 3.8) is 0 Å². The Bertz CT molecular complexity index is 952. The molecule has 150 valence electrons. The van der Waals surface area contributed by atoms with Gasteiger partial charge in [0.1, 0.15) is 0 Å². The van der Waals surface area contributed by atoms with Crippen LogP contribution in [0.2, 0.25) is 0 Å². The molecule has 28 heavy (non-hydrogen) atoms. The third-order valence-electron chi connectivity index (χ3n) is 5.50. The highest BCUT2D eigenvalue weighted by Crippen LogP contribution is 2.28. The quantitative estimate of drug-likeness (QED) is 0.819. The zero-order chi connectivity index (χ0) is 20.3. The summed E-state index contributed by atoms with van der Waals surface area (Å²) in [6.07, 6.45) is 2.62. The molecule has 0 aliphatic carbocycles. The van der Waals surface area contributed by atoms with Gasteiger partial charge in [-0.15, -0.1) is 0 Å². The lowest BCUT2D eigenvalue weighted by Gasteiger charge is -2.34. The largest absolute Gasteiger partial charge is 0.326 e. The average molecular weight is 401 g/mol. The molecule has 0 saturated carbocycles. The van der Waals surface area contributed by atoms with Crippen LogP contribution in [0.4, 0.5) is 5.69 Å². The second-order valence-corrected chi connectivity index (χ2v) is 9.47. The highest BCUT2D eigenvalue weighted by atomic mass is 32.2. The van der Waals surface area contributed by atoms with Gasteiger partial charge in [0.05, 0.1) is 4.90 Å². The maximum absolute atomic E-state index is 13.1. The van der Waals surface area contributed by atoms with E-state index in [1.165, 1.54) is 4.31 Å². The first-order valence-electron chi connectivity index (χ1n) is 9.73. The van der Waals surface area contributed by atoms with Crippen LogP contribution >= 0.6 is 0 Å². The van der Waals surface area contributed by atoms with Gasteiger partial charge in [0.25, 0.3) is 0 Å². The highest BCUT2D eigenvalue weighted by molar-refractivity contribution is 7.89. The third kappa shape index (κ3) is 4.45. The van der Waals surface area contributed by atoms with Crippen molar-refractivity contribution < 1.29 is 13.2 Å². The standard InChI is InChI=1S/C22H28N2O3S/c1-16-10-12-20(13-11-16)28(26,27)24-14-5-4-8-19(24)15-22(25)23-21-9-6-7-17(2)18(21)3/h6-7,9-13,19H,4-5,8,14-15H2,1-3H3,(H,23,25)/t19-/m0/s1. The van der Waals surface area contributed by atoms with Crippen molar-refractivity contribution in [2.75, 3.05) is 11.9 Å². The zero-order valence-corrected chi connectivity index (χ0v) is 17.6. The van der Waals surface area contributed by atoms with Crippen LogP contribution in [0.1, 0.15) is 42.4 Å². The Balaban J connectivity index is 1.77. The Hall–Kier alpha value is -2.18. The van der Waals surface area contributed by atoms with Crippen LogP contribution in [0, 0.1) is 20.8 Å². The van der Waals surface area contributed by atoms with Crippen molar-refractivity contribution >= 4 is 21.6 Å². The molecule has 0 radical (unpaired) electrons. The molecule has 1 atom stereocenters. The highest BCUT2D eigenvalue weighted by Gasteiger charge is 2.34. The molecule has 3 rings (SSSR count). The number of nitrogens with zero attached hydrogens (tertiary/aromatic N) is 1. The first-order valence-corrected chi connectivity index (χ1v) is 11.2. The average Bonchev–Trinajstić information content (AvgIpc) is 2.66. The van der Waals surface area contributed by atoms with E-state index in [2.05, 4.69) is 5.32 Å². The Morgan fingerprint density at radius 3 is 2.50 bits per heavy atom. The SMILES string of the molecule is Cc1ccc(S(=O)(=O)N2CCCC[C@H]2CC(=O)Nc2cccc(C)c2C)cc1. The molecule has 1 N–H and O–H groups in total. The van der Waals surface area contributed by atoms with Gasteiger partial charge in [-0.05, 0) is 62.9 Å². The molecule has 2 aromatic carbocycles. The van der Waals surface area contributed by atoms with Gasteiger partial charge in [-0.2, -0.15) is 4.31 Å². The molecule has 6 heteroatoms. The lowest BCUT2D eigenvalue weighted by atomic mass is 10.0. The Labute approximate surface area is 167 Å². The summed E-state index contributed by atoms with van der Waals surface area (Å²) in [6.45, 7) is 6.36. The number of aryl methyl sites for hydroxylation is 2. The number of sulfonamides is 1. The Kier molecular flexibility index (Phi) is 6.20. The van der Waals surface area contributed by atoms with E-state index in [4.69, 9.17) is 0 Å². The molecule has 1 fully saturated rings. The molecule has 1 aliphatic heterocycles. The summed E-state index contributed by atoms with van der Waals surface area (Å²) in [4.78, 5) is 13.0. The predicted octanol–water partition coefficient (Wildman–Crippen LogP) is 4.18. The van der Waals surface area contributed by atoms with E-state index >= 15 is 0 Å². The molecule has 1 saturated heterocycles. The predicted molar refractivity (Wildman–Crippen MR) is 112 cm³/mol. The fraction of sp³-hybridized carbons (Fsp3) is 0.409. The minimum absolute atomic E-state index is 0.148. The molecular weight excluding hydrogens is 372 g/mol. The molecule has 0 spiro atoms. The minimum Gasteiger partial charge on any atom is -0.326 e. The van der Waals surface area contributed by atoms with E-state index in [9.17, 15) is 13.2 Å². The topological polar surface area (TPSA) is 66.5 Å². The summed E-state index contributed by atoms with van der Waals surface area (Å²) in [6, 6.07) is 12.4. The van der Waals surface area contributed by atoms with Crippen molar-refractivity contribution in [1.82, 2.24) is 4.31 Å². The van der Waals surface area contributed by atoms with Crippen molar-refractivity contribution in [2.45, 2.75) is 57.4 Å². The summed E-state index contributed by atoms with van der Waals surface area (Å²) in [5, 5.41) is 2.96. The maximum atomic E-state index is 13.1. The molecule has 1 heterocycles. The van der Waals surface area contributed by atoms with Crippen LogP contribution in [0.15, 0.2) is 47.4 Å². The minimum atomic E-state index is -3.61. The van der Waals surface area contributed by atoms with E-state index in [0.29, 0.717) is 17.9 Å². The number of hydrogen-bond acceptors (Lipinski definition) is 3. The second kappa shape index (κ2) is 8.45. The van der Waals surface area contributed by atoms with Crippen LogP contribution in [0.3, 0.4) is 0 Å². The van der Waals surface area contributed by atoms with E-state index in [1.807, 2.05) is 39.0 Å². The molecule has 1 aliphatic rings. The van der Waals surface area contributed by atoms with Gasteiger partial charge in [-0.25, -0.2) is 8.42 Å². The molecule has 5 nitrogen and oxygen atoms in total. The number of benzene rings is 2. The van der Waals surface area contributed by atoms with Crippen molar-refractivity contribution in [2.24, 2.45) is 0 Å². The lowest BCUT2D eigenvalue weighted by molar-refractivity contribution is -0.117. The number of rotatable bonds is 5. The van der Waals surface area contributed by atoms with Crippen LogP contribution < -0.4 is 5.32 Å². The molecule has 0 bridgehead atoms. The van der Waals surface area contributed by atoms with Gasteiger partial charge in [-0.3, -0.25) is 4.79 Å². The van der Waals surface area contributed by atoms with Crippen LogP contribution in [0.25, 0.3) is 0 Å². The fourth-order valence-corrected chi connectivity index (χ4v) is 5.33. The van der Waals surface area contributed by atoms with Crippen LogP contribution in [-0.2, 0) is 14.8 Å². The summed E-state index contributed by atoms with van der Waals surface area (Å²) in [5.41, 5.74) is 3.94. The number of nitrogens with one attached hydrogen (secondary N) is 1. The maximum Gasteiger partial charge on any atom is 0.243 e. The number of carbonyl (C=O) groups excluding carboxylic acids is 1. The van der Waals surface area contributed by atoms with Crippen LogP contribution in [0.5, 0.6) is 0 Å². The summed E-state index contributed by atoms with van der Waals surface area (Å²) < 4.78 is 27.8. The monoisotopic (exact) mass is 400 g/mol. The Morgan fingerprint density at radius 1 is 1.07 bits per heavy atom. The van der Waals surface area contributed by atoms with Gasteiger partial charge < -0.3 is 5.32 Å². The van der Waals surface area contributed by atoms with E-state index < -0.39 is 10.0 Å². The number of hydrogen-bond donors (Lipinski definition) is 1. The number of amides is 1. The number of carbonyl (C=O) groups is 1. The molecule has 0 unspecified atom stereocenters. The summed E-state index contributed by atoms with van der Waals surface area (Å²) in [5.74, 6) is -0.148. The summed E-state index contributed by atoms with van der Waals surface area (Å²) in [7, 11) is -3.61. The van der Waals surface area contributed by atoms with E-state index in [-0.39, 0.29) is 18.4 Å².